The van der Waals surface area contributed by atoms with Crippen LogP contribution in [0.1, 0.15) is 12.8 Å². The molecular formula is C9H12BrF3N4O2S. The van der Waals surface area contributed by atoms with Crippen molar-refractivity contribution in [3.63, 3.8) is 0 Å². The number of nitrogen functional groups attached to an aromatic ring is 1. The molecule has 1 heterocycles. The minimum absolute atomic E-state index is 0.100. The molecule has 0 unspecified atom stereocenters. The summed E-state index contributed by atoms with van der Waals surface area (Å²) in [6.45, 7) is -0.335. The molecule has 0 atom stereocenters. The standard InChI is InChI=1S/C9H12BrF3N4O2S/c10-6-4-7(8(17-14)15-5-6)20(18,19)16-3-1-2-9(11,12)13/h4-5,16H,1-3,14H2,(H,15,17). The summed E-state index contributed by atoms with van der Waals surface area (Å²) in [6.07, 6.45) is -4.39. The third-order valence-corrected chi connectivity index (χ3v) is 4.08. The number of nitrogens with zero attached hydrogens (tertiary/aromatic N) is 1. The second kappa shape index (κ2) is 6.70. The van der Waals surface area contributed by atoms with Crippen LogP contribution in [0.2, 0.25) is 0 Å². The molecule has 4 N–H and O–H groups in total. The Morgan fingerprint density at radius 1 is 1.40 bits per heavy atom. The Morgan fingerprint density at radius 3 is 2.60 bits per heavy atom. The minimum Gasteiger partial charge on any atom is -0.307 e. The van der Waals surface area contributed by atoms with Crippen LogP contribution in [0, 0.1) is 0 Å². The molecular weight excluding hydrogens is 365 g/mol. The van der Waals surface area contributed by atoms with Crippen molar-refractivity contribution in [1.82, 2.24) is 9.71 Å². The third kappa shape index (κ3) is 5.23. The summed E-state index contributed by atoms with van der Waals surface area (Å²) in [5, 5.41) is 0. The molecule has 20 heavy (non-hydrogen) atoms. The van der Waals surface area contributed by atoms with Gasteiger partial charge in [0.2, 0.25) is 10.0 Å². The number of hydrogen-bond donors (Lipinski definition) is 3. The molecule has 0 fully saturated rings. The Hall–Kier alpha value is -0.910. The van der Waals surface area contributed by atoms with Crippen LogP contribution in [0.25, 0.3) is 0 Å². The summed E-state index contributed by atoms with van der Waals surface area (Å²) in [5.41, 5.74) is 2.11. The number of nitrogens with one attached hydrogen (secondary N) is 2. The second-order valence-corrected chi connectivity index (χ2v) is 6.41. The molecule has 0 aliphatic carbocycles. The number of pyridine rings is 1. The van der Waals surface area contributed by atoms with E-state index in [-0.39, 0.29) is 23.7 Å². The highest BCUT2D eigenvalue weighted by Gasteiger charge is 2.27. The lowest BCUT2D eigenvalue weighted by atomic mass is 10.3. The van der Waals surface area contributed by atoms with Gasteiger partial charge in [-0.25, -0.2) is 24.0 Å². The fourth-order valence-electron chi connectivity index (χ4n) is 1.31. The van der Waals surface area contributed by atoms with E-state index < -0.39 is 22.6 Å². The molecule has 0 aliphatic heterocycles. The van der Waals surface area contributed by atoms with Crippen molar-refractivity contribution in [2.45, 2.75) is 23.9 Å². The van der Waals surface area contributed by atoms with Gasteiger partial charge in [0, 0.05) is 23.6 Å². The van der Waals surface area contributed by atoms with Gasteiger partial charge >= 0.3 is 6.18 Å². The van der Waals surface area contributed by atoms with Gasteiger partial charge in [-0.05, 0) is 28.4 Å². The lowest BCUT2D eigenvalue weighted by Gasteiger charge is -2.11. The number of rotatable bonds is 6. The molecule has 0 aromatic carbocycles. The zero-order valence-electron chi connectivity index (χ0n) is 10.0. The average Bonchev–Trinajstić information content (AvgIpc) is 2.33. The molecule has 1 aromatic rings. The molecule has 0 aliphatic rings. The number of alkyl halides is 3. The third-order valence-electron chi connectivity index (χ3n) is 2.17. The van der Waals surface area contributed by atoms with E-state index in [1.165, 1.54) is 12.3 Å². The van der Waals surface area contributed by atoms with Crippen LogP contribution in [0.4, 0.5) is 19.0 Å². The van der Waals surface area contributed by atoms with Crippen molar-refractivity contribution >= 4 is 31.8 Å². The van der Waals surface area contributed by atoms with E-state index in [4.69, 9.17) is 5.84 Å². The molecule has 0 radical (unpaired) electrons. The van der Waals surface area contributed by atoms with Crippen molar-refractivity contribution in [2.75, 3.05) is 12.0 Å². The number of sulfonamides is 1. The van der Waals surface area contributed by atoms with E-state index in [1.54, 1.807) is 0 Å². The van der Waals surface area contributed by atoms with Gasteiger partial charge in [-0.3, -0.25) is 0 Å². The Bertz CT molecular complexity index is 565. The Labute approximate surface area is 122 Å². The van der Waals surface area contributed by atoms with Crippen molar-refractivity contribution in [2.24, 2.45) is 5.84 Å². The summed E-state index contributed by atoms with van der Waals surface area (Å²) in [4.78, 5) is 3.50. The second-order valence-electron chi connectivity index (χ2n) is 3.76. The lowest BCUT2D eigenvalue weighted by Crippen LogP contribution is -2.27. The van der Waals surface area contributed by atoms with Crippen LogP contribution >= 0.6 is 15.9 Å². The maximum absolute atomic E-state index is 12.0. The average molecular weight is 377 g/mol. The molecule has 6 nitrogen and oxygen atoms in total. The summed E-state index contributed by atoms with van der Waals surface area (Å²) < 4.78 is 62.2. The van der Waals surface area contributed by atoms with E-state index in [0.717, 1.165) is 0 Å². The largest absolute Gasteiger partial charge is 0.389 e. The van der Waals surface area contributed by atoms with Gasteiger partial charge in [-0.1, -0.05) is 0 Å². The zero-order valence-corrected chi connectivity index (χ0v) is 12.4. The van der Waals surface area contributed by atoms with Gasteiger partial charge in [-0.2, -0.15) is 13.2 Å². The predicted molar refractivity (Wildman–Crippen MR) is 70.2 cm³/mol. The number of halogens is 4. The minimum atomic E-state index is -4.31. The summed E-state index contributed by atoms with van der Waals surface area (Å²) >= 11 is 3.05. The first kappa shape index (κ1) is 17.1. The number of hydrogen-bond acceptors (Lipinski definition) is 5. The molecule has 0 saturated carbocycles. The molecule has 0 saturated heterocycles. The first-order chi connectivity index (χ1) is 9.15. The van der Waals surface area contributed by atoms with E-state index in [9.17, 15) is 21.6 Å². The van der Waals surface area contributed by atoms with Crippen LogP contribution in [-0.2, 0) is 10.0 Å². The SMILES string of the molecule is NNc1ncc(Br)cc1S(=O)(=O)NCCCC(F)(F)F. The van der Waals surface area contributed by atoms with Crippen LogP contribution in [0.5, 0.6) is 0 Å². The molecule has 0 bridgehead atoms. The van der Waals surface area contributed by atoms with Gasteiger partial charge in [-0.15, -0.1) is 0 Å². The first-order valence-electron chi connectivity index (χ1n) is 5.34. The maximum Gasteiger partial charge on any atom is 0.389 e. The highest BCUT2D eigenvalue weighted by molar-refractivity contribution is 9.10. The number of aromatic nitrogens is 1. The number of anilines is 1. The number of hydrazine groups is 1. The molecule has 0 spiro atoms. The molecule has 11 heteroatoms. The molecule has 1 aromatic heterocycles. The highest BCUT2D eigenvalue weighted by atomic mass is 79.9. The fourth-order valence-corrected chi connectivity index (χ4v) is 3.01. The van der Waals surface area contributed by atoms with Crippen LogP contribution < -0.4 is 16.0 Å². The topological polar surface area (TPSA) is 97.1 Å². The van der Waals surface area contributed by atoms with E-state index in [0.29, 0.717) is 4.47 Å². The Balaban J connectivity index is 2.77. The Morgan fingerprint density at radius 2 is 2.05 bits per heavy atom. The normalized spacial score (nSPS) is 12.4. The van der Waals surface area contributed by atoms with Crippen molar-refractivity contribution in [3.05, 3.63) is 16.7 Å². The lowest BCUT2D eigenvalue weighted by molar-refractivity contribution is -0.135. The van der Waals surface area contributed by atoms with Crippen LogP contribution in [-0.4, -0.2) is 26.1 Å². The number of nitrogens with two attached hydrogens (primary N) is 1. The highest BCUT2D eigenvalue weighted by Crippen LogP contribution is 2.23. The van der Waals surface area contributed by atoms with Crippen molar-refractivity contribution in [1.29, 1.82) is 0 Å². The van der Waals surface area contributed by atoms with E-state index >= 15 is 0 Å². The van der Waals surface area contributed by atoms with Gasteiger partial charge in [0.1, 0.15) is 4.90 Å². The maximum atomic E-state index is 12.0. The quantitative estimate of drug-likeness (QED) is 0.399. The van der Waals surface area contributed by atoms with Crippen LogP contribution in [0.15, 0.2) is 21.6 Å². The van der Waals surface area contributed by atoms with Crippen molar-refractivity contribution < 1.29 is 21.6 Å². The molecule has 0 amide bonds. The monoisotopic (exact) mass is 376 g/mol. The summed E-state index contributed by atoms with van der Waals surface area (Å²) in [5.74, 6) is 5.04. The van der Waals surface area contributed by atoms with E-state index in [2.05, 4.69) is 31.1 Å². The van der Waals surface area contributed by atoms with Gasteiger partial charge < -0.3 is 5.43 Å². The predicted octanol–water partition coefficient (Wildman–Crippen LogP) is 1.75. The Kier molecular flexibility index (Phi) is 5.74. The zero-order chi connectivity index (χ0) is 15.4. The summed E-state index contributed by atoms with van der Waals surface area (Å²) in [6, 6.07) is 1.24. The smallest absolute Gasteiger partial charge is 0.307 e. The molecule has 114 valence electrons. The molecule has 1 rings (SSSR count). The van der Waals surface area contributed by atoms with Crippen molar-refractivity contribution in [3.8, 4) is 0 Å². The van der Waals surface area contributed by atoms with Gasteiger partial charge in [0.05, 0.1) is 0 Å². The fraction of sp³-hybridized carbons (Fsp3) is 0.444. The first-order valence-corrected chi connectivity index (χ1v) is 7.62. The summed E-state index contributed by atoms with van der Waals surface area (Å²) in [7, 11) is -4.00. The van der Waals surface area contributed by atoms with Gasteiger partial charge in [0.25, 0.3) is 0 Å². The van der Waals surface area contributed by atoms with Crippen LogP contribution in [0.3, 0.4) is 0 Å². The van der Waals surface area contributed by atoms with Gasteiger partial charge in [0.15, 0.2) is 5.82 Å². The van der Waals surface area contributed by atoms with E-state index in [1.807, 2.05) is 0 Å².